The van der Waals surface area contributed by atoms with Crippen LogP contribution in [0.1, 0.15) is 38.7 Å². The zero-order chi connectivity index (χ0) is 37.8. The number of nitrogens with zero attached hydrogens (tertiary/aromatic N) is 7. The second-order valence-corrected chi connectivity index (χ2v) is 15.3. The van der Waals surface area contributed by atoms with Crippen LogP contribution in [-0.2, 0) is 16.1 Å². The zero-order valence-electron chi connectivity index (χ0n) is 30.6. The number of thioether (sulfide) groups is 1. The van der Waals surface area contributed by atoms with Crippen LogP contribution in [0.25, 0.3) is 39.1 Å². The molecule has 0 radical (unpaired) electrons. The summed E-state index contributed by atoms with van der Waals surface area (Å²) in [6.45, 7) is 6.76. The summed E-state index contributed by atoms with van der Waals surface area (Å²) in [6.07, 6.45) is 8.99. The molecule has 0 bridgehead atoms. The van der Waals surface area contributed by atoms with Crippen LogP contribution in [0.5, 0.6) is 5.88 Å². The van der Waals surface area contributed by atoms with E-state index >= 15 is 4.39 Å². The molecule has 5 heterocycles. The third-order valence-corrected chi connectivity index (χ3v) is 11.2. The van der Waals surface area contributed by atoms with E-state index in [1.807, 2.05) is 67.5 Å². The van der Waals surface area contributed by atoms with Crippen LogP contribution in [0.4, 0.5) is 10.1 Å². The van der Waals surface area contributed by atoms with Crippen molar-refractivity contribution >= 4 is 45.7 Å². The van der Waals surface area contributed by atoms with Crippen molar-refractivity contribution in [1.82, 2.24) is 39.7 Å². The maximum absolute atomic E-state index is 15.1. The predicted octanol–water partition coefficient (Wildman–Crippen LogP) is 5.25. The highest BCUT2D eigenvalue weighted by Gasteiger charge is 2.40. The number of amides is 2. The van der Waals surface area contributed by atoms with E-state index < -0.39 is 5.82 Å². The molecule has 1 atom stereocenters. The Bertz CT molecular complexity index is 2170. The minimum atomic E-state index is -0.422. The largest absolute Gasteiger partial charge is 0.475 e. The molecular weight excluding hydrogens is 710 g/mol. The van der Waals surface area contributed by atoms with Gasteiger partial charge in [-0.3, -0.25) is 24.3 Å². The summed E-state index contributed by atoms with van der Waals surface area (Å²) in [6, 6.07) is 14.5. The molecule has 3 N–H and O–H groups in total. The molecule has 2 aliphatic rings. The van der Waals surface area contributed by atoms with Gasteiger partial charge in [0.15, 0.2) is 5.82 Å². The standard InChI is InChI=1S/C39H44FN9O4S/c1-25(2)53-35-9-5-28(21-41-35)37-31-19-29(6-8-33(31)44-45-37)43-34(51)20-39(54-3)12-15-47(23-39)22-36(52)48-13-10-26(11-14-48)27-4-7-30(32(40)18-27)38-42-24-49(46-38)16-17-50/h4-10,18-19,21,24-25,50H,11-17,20,22-23H2,1-3H3,(H,43,51)(H,44,45). The number of pyridine rings is 1. The second kappa shape index (κ2) is 16.1. The van der Waals surface area contributed by atoms with Crippen molar-refractivity contribution in [1.29, 1.82) is 0 Å². The third kappa shape index (κ3) is 8.32. The van der Waals surface area contributed by atoms with Gasteiger partial charge in [-0.2, -0.15) is 22.0 Å². The summed E-state index contributed by atoms with van der Waals surface area (Å²) in [5.74, 6) is 0.359. The van der Waals surface area contributed by atoms with E-state index in [0.29, 0.717) is 56.2 Å². The van der Waals surface area contributed by atoms with Gasteiger partial charge in [0.25, 0.3) is 0 Å². The SMILES string of the molecule is CSC1(CC(=O)Nc2ccc3[nH]nc(-c4ccc(OC(C)C)nc4)c3c2)CCN(CC(=O)N2CC=C(c3ccc(-c4ncn(CCO)n4)c(F)c3)CC2)C1. The minimum Gasteiger partial charge on any atom is -0.475 e. The molecule has 5 aromatic rings. The van der Waals surface area contributed by atoms with Crippen molar-refractivity contribution in [2.24, 2.45) is 0 Å². The lowest BCUT2D eigenvalue weighted by atomic mass is 9.98. The molecule has 1 saturated heterocycles. The van der Waals surface area contributed by atoms with E-state index in [9.17, 15) is 9.59 Å². The number of aromatic nitrogens is 6. The molecule has 2 aliphatic heterocycles. The Morgan fingerprint density at radius 2 is 1.96 bits per heavy atom. The van der Waals surface area contributed by atoms with E-state index in [-0.39, 0.29) is 41.6 Å². The van der Waals surface area contributed by atoms with Crippen LogP contribution in [0.3, 0.4) is 0 Å². The summed E-state index contributed by atoms with van der Waals surface area (Å²) in [5.41, 5.74) is 5.17. The molecule has 13 nitrogen and oxygen atoms in total. The number of rotatable bonds is 13. The van der Waals surface area contributed by atoms with Crippen LogP contribution in [0, 0.1) is 5.82 Å². The first-order chi connectivity index (χ1) is 26.1. The fraction of sp³-hybridized carbons (Fsp3) is 0.385. The number of hydrogen-bond donors (Lipinski definition) is 3. The van der Waals surface area contributed by atoms with Crippen LogP contribution in [0.15, 0.2) is 67.1 Å². The van der Waals surface area contributed by atoms with E-state index in [0.717, 1.165) is 46.3 Å². The van der Waals surface area contributed by atoms with Gasteiger partial charge in [-0.05, 0) is 80.5 Å². The number of halogens is 1. The number of anilines is 1. The topological polar surface area (TPSA) is 154 Å². The van der Waals surface area contributed by atoms with Gasteiger partial charge in [0.2, 0.25) is 17.7 Å². The first-order valence-electron chi connectivity index (χ1n) is 18.1. The molecule has 282 valence electrons. The number of carbonyl (C=O) groups excluding carboxylic acids is 2. The average molecular weight is 754 g/mol. The number of ether oxygens (including phenoxy) is 1. The van der Waals surface area contributed by atoms with Crippen molar-refractivity contribution in [3.63, 3.8) is 0 Å². The lowest BCUT2D eigenvalue weighted by molar-refractivity contribution is -0.131. The highest BCUT2D eigenvalue weighted by molar-refractivity contribution is 8.00. The first-order valence-corrected chi connectivity index (χ1v) is 19.3. The highest BCUT2D eigenvalue weighted by Crippen LogP contribution is 2.38. The number of carbonyl (C=O) groups is 2. The number of benzene rings is 2. The summed E-state index contributed by atoms with van der Waals surface area (Å²) >= 11 is 1.68. The second-order valence-electron chi connectivity index (χ2n) is 14.0. The number of aliphatic hydroxyl groups excluding tert-OH is 1. The van der Waals surface area contributed by atoms with E-state index in [4.69, 9.17) is 9.84 Å². The summed E-state index contributed by atoms with van der Waals surface area (Å²) < 4.78 is 21.9. The minimum absolute atomic E-state index is 0.0283. The van der Waals surface area contributed by atoms with Crippen LogP contribution in [-0.4, -0.2) is 113 Å². The maximum atomic E-state index is 15.1. The maximum Gasteiger partial charge on any atom is 0.237 e. The average Bonchev–Trinajstić information content (AvgIpc) is 3.91. The summed E-state index contributed by atoms with van der Waals surface area (Å²) in [7, 11) is 0. The van der Waals surface area contributed by atoms with Crippen molar-refractivity contribution in [2.45, 2.75) is 50.5 Å². The smallest absolute Gasteiger partial charge is 0.237 e. The molecule has 7 rings (SSSR count). The van der Waals surface area contributed by atoms with Gasteiger partial charge >= 0.3 is 0 Å². The number of aliphatic hydroxyl groups is 1. The molecule has 1 fully saturated rings. The highest BCUT2D eigenvalue weighted by atomic mass is 32.2. The molecule has 2 aromatic carbocycles. The summed E-state index contributed by atoms with van der Waals surface area (Å²) in [4.78, 5) is 39.4. The normalized spacial score (nSPS) is 17.7. The Balaban J connectivity index is 0.923. The number of H-pyrrole nitrogens is 1. The Kier molecular flexibility index (Phi) is 11.1. The van der Waals surface area contributed by atoms with Gasteiger partial charge in [0.05, 0.1) is 36.9 Å². The molecule has 2 amide bonds. The number of nitrogens with one attached hydrogen (secondary N) is 2. The van der Waals surface area contributed by atoms with Crippen molar-refractivity contribution in [3.8, 4) is 28.5 Å². The van der Waals surface area contributed by atoms with Gasteiger partial charge < -0.3 is 20.1 Å². The Morgan fingerprint density at radius 1 is 1.11 bits per heavy atom. The third-order valence-electron chi connectivity index (χ3n) is 9.89. The molecule has 15 heteroatoms. The molecular formula is C39H44FN9O4S. The Labute approximate surface area is 317 Å². The van der Waals surface area contributed by atoms with Gasteiger partial charge in [0.1, 0.15) is 17.8 Å². The molecule has 0 aliphatic carbocycles. The van der Waals surface area contributed by atoms with Crippen LogP contribution in [0.2, 0.25) is 0 Å². The number of likely N-dealkylation sites (tertiary alicyclic amines) is 1. The predicted molar refractivity (Wildman–Crippen MR) is 207 cm³/mol. The Hall–Kier alpha value is -5.12. The van der Waals surface area contributed by atoms with Gasteiger partial charge in [-0.1, -0.05) is 12.1 Å². The van der Waals surface area contributed by atoms with Gasteiger partial charge in [-0.25, -0.2) is 14.4 Å². The van der Waals surface area contributed by atoms with Gasteiger partial charge in [-0.15, -0.1) is 0 Å². The first kappa shape index (κ1) is 37.2. The Morgan fingerprint density at radius 3 is 2.69 bits per heavy atom. The molecule has 0 saturated carbocycles. The van der Waals surface area contributed by atoms with E-state index in [1.165, 1.54) is 17.1 Å². The molecule has 0 spiro atoms. The van der Waals surface area contributed by atoms with Crippen LogP contribution < -0.4 is 10.1 Å². The number of aromatic amines is 1. The molecule has 3 aromatic heterocycles. The fourth-order valence-corrected chi connectivity index (χ4v) is 7.94. The van der Waals surface area contributed by atoms with Crippen molar-refractivity contribution in [3.05, 3.63) is 78.5 Å². The lowest BCUT2D eigenvalue weighted by Gasteiger charge is -2.30. The van der Waals surface area contributed by atoms with Crippen molar-refractivity contribution < 1.29 is 23.8 Å². The van der Waals surface area contributed by atoms with Crippen LogP contribution >= 0.6 is 11.8 Å². The molecule has 1 unspecified atom stereocenters. The number of hydrogen-bond acceptors (Lipinski definition) is 10. The monoisotopic (exact) mass is 753 g/mol. The summed E-state index contributed by atoms with van der Waals surface area (Å²) in [5, 5.41) is 24.9. The van der Waals surface area contributed by atoms with Gasteiger partial charge in [0, 0.05) is 66.2 Å². The van der Waals surface area contributed by atoms with Crippen molar-refractivity contribution in [2.75, 3.05) is 50.9 Å². The van der Waals surface area contributed by atoms with E-state index in [1.54, 1.807) is 24.0 Å². The lowest BCUT2D eigenvalue weighted by Crippen LogP contribution is -2.43. The van der Waals surface area contributed by atoms with E-state index in [2.05, 4.69) is 35.5 Å². The quantitative estimate of drug-likeness (QED) is 0.145. The number of fused-ring (bicyclic) bond motifs is 1. The zero-order valence-corrected chi connectivity index (χ0v) is 31.4. The fourth-order valence-electron chi connectivity index (χ4n) is 7.06. The molecule has 54 heavy (non-hydrogen) atoms.